The molecule has 5 aromatic rings. The molecule has 0 radical (unpaired) electrons. The molecule has 0 bridgehead atoms. The molecule has 0 amide bonds. The van der Waals surface area contributed by atoms with Gasteiger partial charge in [0.05, 0.1) is 0 Å². The molecule has 154 valence electrons. The van der Waals surface area contributed by atoms with Crippen molar-refractivity contribution in [2.24, 2.45) is 0 Å². The zero-order valence-electron chi connectivity index (χ0n) is 17.1. The monoisotopic (exact) mass is 479 g/mol. The molecule has 32 heavy (non-hydrogen) atoms. The average Bonchev–Trinajstić information content (AvgIpc) is 3.23. The number of rotatable bonds is 3. The fraction of sp³-hybridized carbons (Fsp3) is 0.0741. The quantitative estimate of drug-likeness (QED) is 0.271. The third kappa shape index (κ3) is 3.35. The summed E-state index contributed by atoms with van der Waals surface area (Å²) in [4.78, 5) is 14.6. The van der Waals surface area contributed by atoms with Gasteiger partial charge in [-0.15, -0.1) is 0 Å². The van der Waals surface area contributed by atoms with E-state index in [4.69, 9.17) is 19.4 Å². The van der Waals surface area contributed by atoms with Crippen LogP contribution in [0.4, 0.5) is 0 Å². The van der Waals surface area contributed by atoms with Gasteiger partial charge in [-0.05, 0) is 37.1 Å². The van der Waals surface area contributed by atoms with Crippen molar-refractivity contribution in [3.05, 3.63) is 94.7 Å². The molecular formula is C27H18BrN3O. The molecule has 0 unspecified atom stereocenters. The number of hydrogen-bond acceptors (Lipinski definition) is 4. The first-order chi connectivity index (χ1) is 15.8. The zero-order valence-corrected chi connectivity index (χ0v) is 18.7. The van der Waals surface area contributed by atoms with Crippen LogP contribution in [0.15, 0.2) is 87.8 Å². The molecule has 0 aliphatic heterocycles. The third-order valence-corrected chi connectivity index (χ3v) is 6.16. The summed E-state index contributed by atoms with van der Waals surface area (Å²) in [7, 11) is 0. The second-order valence-electron chi connectivity index (χ2n) is 7.75. The van der Waals surface area contributed by atoms with Gasteiger partial charge < -0.3 is 4.42 Å². The average molecular weight is 480 g/mol. The van der Waals surface area contributed by atoms with Crippen molar-refractivity contribution in [3.8, 4) is 34.2 Å². The van der Waals surface area contributed by atoms with Gasteiger partial charge in [-0.2, -0.15) is 0 Å². The van der Waals surface area contributed by atoms with Crippen LogP contribution in [0.2, 0.25) is 0 Å². The van der Waals surface area contributed by atoms with Gasteiger partial charge in [0.25, 0.3) is 0 Å². The van der Waals surface area contributed by atoms with E-state index in [2.05, 4.69) is 34.1 Å². The SMILES string of the molecule is Brc1cccc(-c2nc(-c3ccccc3)nc(-c3cccc4oc5c(c34)CCC=C5)n2)c1. The van der Waals surface area contributed by atoms with Crippen LogP contribution in [0.25, 0.3) is 51.2 Å². The maximum absolute atomic E-state index is 6.13. The molecule has 0 fully saturated rings. The fourth-order valence-corrected chi connectivity index (χ4v) is 4.59. The molecular weight excluding hydrogens is 462 g/mol. The van der Waals surface area contributed by atoms with E-state index in [0.717, 1.165) is 50.7 Å². The predicted molar refractivity (Wildman–Crippen MR) is 131 cm³/mol. The van der Waals surface area contributed by atoms with Crippen LogP contribution in [0, 0.1) is 0 Å². The van der Waals surface area contributed by atoms with Gasteiger partial charge in [0.2, 0.25) is 0 Å². The molecule has 0 atom stereocenters. The minimum absolute atomic E-state index is 0.643. The third-order valence-electron chi connectivity index (χ3n) is 5.67. The summed E-state index contributed by atoms with van der Waals surface area (Å²) < 4.78 is 7.12. The van der Waals surface area contributed by atoms with Crippen molar-refractivity contribution >= 4 is 33.0 Å². The summed E-state index contributed by atoms with van der Waals surface area (Å²) in [5, 5.41) is 1.09. The standard InChI is InChI=1S/C27H18BrN3O/c28-19-11-6-10-18(16-19)26-29-25(17-8-2-1-3-9-17)30-27(31-26)21-13-7-15-23-24(21)20-12-4-5-14-22(20)32-23/h1-3,5-11,13-16H,4,12H2. The number of allylic oxidation sites excluding steroid dienone is 1. The Kier molecular flexibility index (Phi) is 4.69. The predicted octanol–water partition coefficient (Wildman–Crippen LogP) is 7.34. The van der Waals surface area contributed by atoms with E-state index in [1.807, 2.05) is 66.7 Å². The molecule has 1 aliphatic rings. The Balaban J connectivity index is 1.62. The van der Waals surface area contributed by atoms with Crippen molar-refractivity contribution in [1.29, 1.82) is 0 Å². The second-order valence-corrected chi connectivity index (χ2v) is 8.66. The first-order valence-corrected chi connectivity index (χ1v) is 11.3. The number of aryl methyl sites for hydroxylation is 1. The lowest BCUT2D eigenvalue weighted by Crippen LogP contribution is -2.01. The lowest BCUT2D eigenvalue weighted by atomic mass is 9.97. The summed E-state index contributed by atoms with van der Waals surface area (Å²) in [5.74, 6) is 2.88. The summed E-state index contributed by atoms with van der Waals surface area (Å²) in [6.45, 7) is 0. The topological polar surface area (TPSA) is 51.8 Å². The van der Waals surface area contributed by atoms with Gasteiger partial charge in [0.15, 0.2) is 17.5 Å². The van der Waals surface area contributed by atoms with E-state index in [-0.39, 0.29) is 0 Å². The van der Waals surface area contributed by atoms with Crippen LogP contribution in [0.1, 0.15) is 17.7 Å². The van der Waals surface area contributed by atoms with Crippen LogP contribution in [0.3, 0.4) is 0 Å². The molecule has 0 saturated heterocycles. The van der Waals surface area contributed by atoms with Gasteiger partial charge in [0, 0.05) is 32.1 Å². The van der Waals surface area contributed by atoms with Crippen LogP contribution >= 0.6 is 15.9 Å². The first kappa shape index (κ1) is 19.1. The molecule has 4 nitrogen and oxygen atoms in total. The molecule has 5 heteroatoms. The lowest BCUT2D eigenvalue weighted by molar-refractivity contribution is 0.595. The molecule has 0 spiro atoms. The largest absolute Gasteiger partial charge is 0.456 e. The summed E-state index contributed by atoms with van der Waals surface area (Å²) >= 11 is 3.56. The number of furan rings is 1. The van der Waals surface area contributed by atoms with Crippen molar-refractivity contribution in [2.75, 3.05) is 0 Å². The zero-order chi connectivity index (χ0) is 21.5. The van der Waals surface area contributed by atoms with E-state index in [1.165, 1.54) is 5.56 Å². The number of nitrogens with zero attached hydrogens (tertiary/aromatic N) is 3. The maximum atomic E-state index is 6.13. The Bertz CT molecular complexity index is 1490. The summed E-state index contributed by atoms with van der Waals surface area (Å²) in [6, 6.07) is 24.2. The first-order valence-electron chi connectivity index (χ1n) is 10.5. The van der Waals surface area contributed by atoms with Crippen LogP contribution in [-0.4, -0.2) is 15.0 Å². The number of hydrogen-bond donors (Lipinski definition) is 0. The smallest absolute Gasteiger partial charge is 0.164 e. The summed E-state index contributed by atoms with van der Waals surface area (Å²) in [5.41, 5.74) is 4.95. The highest BCUT2D eigenvalue weighted by atomic mass is 79.9. The van der Waals surface area contributed by atoms with Crippen LogP contribution in [-0.2, 0) is 6.42 Å². The van der Waals surface area contributed by atoms with Gasteiger partial charge >= 0.3 is 0 Å². The van der Waals surface area contributed by atoms with Crippen LogP contribution in [0.5, 0.6) is 0 Å². The Hall–Kier alpha value is -3.57. The number of benzene rings is 3. The highest BCUT2D eigenvalue weighted by Crippen LogP contribution is 2.37. The number of aromatic nitrogens is 3. The second kappa shape index (κ2) is 7.84. The van der Waals surface area contributed by atoms with Gasteiger partial charge in [-0.25, -0.2) is 15.0 Å². The molecule has 6 rings (SSSR count). The number of fused-ring (bicyclic) bond motifs is 3. The molecule has 2 heterocycles. The molecule has 1 aliphatic carbocycles. The molecule has 2 aromatic heterocycles. The Morgan fingerprint density at radius 1 is 0.750 bits per heavy atom. The molecule has 3 aromatic carbocycles. The van der Waals surface area contributed by atoms with Crippen molar-refractivity contribution < 1.29 is 4.42 Å². The van der Waals surface area contributed by atoms with Crippen molar-refractivity contribution in [3.63, 3.8) is 0 Å². The van der Waals surface area contributed by atoms with Gasteiger partial charge in [-0.3, -0.25) is 0 Å². The lowest BCUT2D eigenvalue weighted by Gasteiger charge is -2.10. The number of halogens is 1. The Labute approximate surface area is 193 Å². The van der Waals surface area contributed by atoms with Crippen LogP contribution < -0.4 is 0 Å². The van der Waals surface area contributed by atoms with Crippen molar-refractivity contribution in [1.82, 2.24) is 15.0 Å². The van der Waals surface area contributed by atoms with E-state index >= 15 is 0 Å². The Morgan fingerprint density at radius 3 is 2.34 bits per heavy atom. The van der Waals surface area contributed by atoms with E-state index in [9.17, 15) is 0 Å². The van der Waals surface area contributed by atoms with E-state index in [1.54, 1.807) is 0 Å². The van der Waals surface area contributed by atoms with Gasteiger partial charge in [0.1, 0.15) is 11.3 Å². The fourth-order valence-electron chi connectivity index (χ4n) is 4.19. The van der Waals surface area contributed by atoms with Gasteiger partial charge in [-0.1, -0.05) is 76.6 Å². The Morgan fingerprint density at radius 2 is 1.50 bits per heavy atom. The molecule has 0 saturated carbocycles. The summed E-state index contributed by atoms with van der Waals surface area (Å²) in [6.07, 6.45) is 6.18. The van der Waals surface area contributed by atoms with E-state index in [0.29, 0.717) is 17.5 Å². The highest BCUT2D eigenvalue weighted by molar-refractivity contribution is 9.10. The van der Waals surface area contributed by atoms with Crippen molar-refractivity contribution in [2.45, 2.75) is 12.8 Å². The minimum Gasteiger partial charge on any atom is -0.456 e. The minimum atomic E-state index is 0.643. The molecule has 0 N–H and O–H groups in total. The maximum Gasteiger partial charge on any atom is 0.164 e. The highest BCUT2D eigenvalue weighted by Gasteiger charge is 2.21. The van der Waals surface area contributed by atoms with E-state index < -0.39 is 0 Å². The normalized spacial score (nSPS) is 12.8.